The number of carbonyl (C=O) groups is 2. The Kier molecular flexibility index (Phi) is 36.3. The van der Waals surface area contributed by atoms with Crippen molar-refractivity contribution in [1.82, 2.24) is 0 Å². The number of unbranched alkanes of at least 4 members (excludes halogenated alkanes) is 20. The van der Waals surface area contributed by atoms with E-state index in [-0.39, 0.29) is 12.8 Å². The third-order valence-corrected chi connectivity index (χ3v) is 12.2. The molecule has 372 valence electrons. The highest BCUT2D eigenvalue weighted by Gasteiger charge is 2.51. The van der Waals surface area contributed by atoms with Crippen molar-refractivity contribution in [1.29, 1.82) is 0 Å². The molecule has 0 aromatic rings. The van der Waals surface area contributed by atoms with Crippen LogP contribution in [0.5, 0.6) is 0 Å². The largest absolute Gasteiger partial charge is 0.472 e. The Morgan fingerprint density at radius 1 is 0.562 bits per heavy atom. The van der Waals surface area contributed by atoms with Gasteiger partial charge in [-0.1, -0.05) is 178 Å². The van der Waals surface area contributed by atoms with Gasteiger partial charge in [0.25, 0.3) is 0 Å². The highest BCUT2D eigenvalue weighted by atomic mass is 31.2. The van der Waals surface area contributed by atoms with Crippen LogP contribution in [0.25, 0.3) is 0 Å². The lowest BCUT2D eigenvalue weighted by Gasteiger charge is -2.41. The van der Waals surface area contributed by atoms with Gasteiger partial charge in [0.2, 0.25) is 0 Å². The normalized spacial score (nSPS) is 22.5. The van der Waals surface area contributed by atoms with Crippen molar-refractivity contribution < 1.29 is 68.2 Å². The summed E-state index contributed by atoms with van der Waals surface area (Å²) in [4.78, 5) is 35.7. The molecule has 1 fully saturated rings. The highest BCUT2D eigenvalue weighted by Crippen LogP contribution is 2.47. The van der Waals surface area contributed by atoms with Crippen LogP contribution in [-0.4, -0.2) is 110 Å². The second kappa shape index (κ2) is 38.8. The van der Waals surface area contributed by atoms with Gasteiger partial charge in [-0.15, -0.1) is 0 Å². The van der Waals surface area contributed by atoms with E-state index in [0.29, 0.717) is 32.1 Å². The number of allylic oxidation sites excluding steroid dienone is 6. The fourth-order valence-corrected chi connectivity index (χ4v) is 8.22. The third kappa shape index (κ3) is 30.9. The first-order valence-electron chi connectivity index (χ1n) is 24.5. The van der Waals surface area contributed by atoms with E-state index < -0.39 is 81.8 Å². The van der Waals surface area contributed by atoms with Crippen molar-refractivity contribution in [3.63, 3.8) is 0 Å². The summed E-state index contributed by atoms with van der Waals surface area (Å²) in [5.41, 5.74) is 0. The molecule has 14 nitrogen and oxygen atoms in total. The zero-order chi connectivity index (χ0) is 47.3. The van der Waals surface area contributed by atoms with Crippen LogP contribution < -0.4 is 0 Å². The van der Waals surface area contributed by atoms with E-state index in [4.69, 9.17) is 18.5 Å². The fraction of sp³-hybridized carbons (Fsp3) is 0.796. The lowest BCUT2D eigenvalue weighted by molar-refractivity contribution is -0.220. The van der Waals surface area contributed by atoms with Gasteiger partial charge in [-0.3, -0.25) is 18.6 Å². The average Bonchev–Trinajstić information content (AvgIpc) is 3.27. The maximum atomic E-state index is 12.8. The van der Waals surface area contributed by atoms with Gasteiger partial charge in [-0.2, -0.15) is 0 Å². The Morgan fingerprint density at radius 2 is 1.05 bits per heavy atom. The van der Waals surface area contributed by atoms with Crippen LogP contribution in [0.15, 0.2) is 48.6 Å². The second-order valence-corrected chi connectivity index (χ2v) is 18.6. The van der Waals surface area contributed by atoms with Crippen molar-refractivity contribution in [2.24, 2.45) is 0 Å². The number of phosphoric acid groups is 1. The summed E-state index contributed by atoms with van der Waals surface area (Å²) in [6, 6.07) is 0. The van der Waals surface area contributed by atoms with Crippen LogP contribution in [0.2, 0.25) is 0 Å². The minimum Gasteiger partial charge on any atom is -0.462 e. The number of ether oxygens (including phenoxy) is 2. The number of phosphoric ester groups is 1. The van der Waals surface area contributed by atoms with Gasteiger partial charge in [-0.05, 0) is 44.9 Å². The Bertz CT molecular complexity index is 1320. The molecule has 0 amide bonds. The number of aliphatic hydroxyl groups excluding tert-OH is 6. The van der Waals surface area contributed by atoms with Crippen LogP contribution in [0.4, 0.5) is 0 Å². The number of rotatable bonds is 40. The van der Waals surface area contributed by atoms with Gasteiger partial charge < -0.3 is 45.0 Å². The van der Waals surface area contributed by atoms with Gasteiger partial charge in [0.15, 0.2) is 6.10 Å². The molecule has 0 radical (unpaired) electrons. The van der Waals surface area contributed by atoms with E-state index in [0.717, 1.165) is 32.1 Å². The second-order valence-electron chi connectivity index (χ2n) is 17.2. The topological polar surface area (TPSA) is 230 Å². The minimum atomic E-state index is -5.15. The monoisotopic (exact) mass is 931 g/mol. The smallest absolute Gasteiger partial charge is 0.462 e. The fourth-order valence-electron chi connectivity index (χ4n) is 7.24. The zero-order valence-electron chi connectivity index (χ0n) is 39.2. The molecule has 1 aliphatic carbocycles. The van der Waals surface area contributed by atoms with Crippen molar-refractivity contribution in [2.45, 2.75) is 236 Å². The maximum Gasteiger partial charge on any atom is 0.472 e. The summed E-state index contributed by atoms with van der Waals surface area (Å²) in [7, 11) is -5.15. The molecule has 9 atom stereocenters. The standard InChI is InChI=1S/C49H87O14P/c1-3-5-7-9-11-12-13-14-15-16-17-18-19-20-24-29-33-37-43(52)62-41(39-61-64(58,59)63-49-47(56)45(54)44(53)46(55)48(49)57)38-60-42(51)36-32-28-25-21-23-27-31-35-40(50)34-30-26-22-10-8-6-4-2/h21-22,25-27,30-31,34,40-41,44-50,53-57H,3-20,23-24,28-29,32-33,35-39H2,1-2H3,(H,58,59)/b25-21+,26-22-,31-27-,34-30-/t40-,41-,44?,45-,46+,47-,48-,49?/m1/s1. The third-order valence-electron chi connectivity index (χ3n) is 11.3. The first-order valence-corrected chi connectivity index (χ1v) is 26.0. The summed E-state index contributed by atoms with van der Waals surface area (Å²) in [5, 5.41) is 60.3. The summed E-state index contributed by atoms with van der Waals surface area (Å²) >= 11 is 0. The number of hydrogen-bond acceptors (Lipinski definition) is 13. The molecule has 0 heterocycles. The first-order chi connectivity index (χ1) is 30.8. The lowest BCUT2D eigenvalue weighted by atomic mass is 9.85. The van der Waals surface area contributed by atoms with Crippen molar-refractivity contribution in [3.8, 4) is 0 Å². The minimum absolute atomic E-state index is 0.0576. The van der Waals surface area contributed by atoms with Gasteiger partial charge in [-0.25, -0.2) is 4.57 Å². The molecule has 0 spiro atoms. The summed E-state index contributed by atoms with van der Waals surface area (Å²) in [6.07, 6.45) is 29.0. The molecule has 15 heteroatoms. The molecule has 0 aromatic heterocycles. The van der Waals surface area contributed by atoms with Crippen molar-refractivity contribution >= 4 is 19.8 Å². The van der Waals surface area contributed by atoms with Crippen molar-refractivity contribution in [2.75, 3.05) is 13.2 Å². The molecular formula is C49H87O14P. The summed E-state index contributed by atoms with van der Waals surface area (Å²) in [5.74, 6) is -1.20. The van der Waals surface area contributed by atoms with Crippen LogP contribution in [-0.2, 0) is 32.7 Å². The number of aliphatic hydroxyl groups is 6. The SMILES string of the molecule is CCCCC/C=C\C=C/[C@@H](O)C/C=C\C/C=C/CCCC(=O)OC[C@H](COP(=O)(O)OC1[C@H](O)[C@H](O)C(O)[C@H](O)[C@H]1O)OC(=O)CCCCCCCCCCCCCCCCCCC. The van der Waals surface area contributed by atoms with E-state index in [9.17, 15) is 49.7 Å². The van der Waals surface area contributed by atoms with E-state index in [1.54, 1.807) is 6.08 Å². The zero-order valence-corrected chi connectivity index (χ0v) is 40.1. The van der Waals surface area contributed by atoms with Gasteiger partial charge in [0, 0.05) is 12.8 Å². The molecule has 0 aromatic carbocycles. The average molecular weight is 931 g/mol. The van der Waals surface area contributed by atoms with E-state index in [2.05, 4.69) is 19.9 Å². The van der Waals surface area contributed by atoms with E-state index >= 15 is 0 Å². The number of esters is 2. The van der Waals surface area contributed by atoms with Crippen LogP contribution in [0, 0.1) is 0 Å². The van der Waals surface area contributed by atoms with Crippen LogP contribution >= 0.6 is 7.82 Å². The molecule has 1 rings (SSSR count). The predicted octanol–water partition coefficient (Wildman–Crippen LogP) is 8.92. The Morgan fingerprint density at radius 3 is 1.62 bits per heavy atom. The molecule has 64 heavy (non-hydrogen) atoms. The summed E-state index contributed by atoms with van der Waals surface area (Å²) < 4.78 is 33.5. The first kappa shape index (κ1) is 59.8. The molecule has 0 bridgehead atoms. The molecule has 0 saturated heterocycles. The van der Waals surface area contributed by atoms with Gasteiger partial charge >= 0.3 is 19.8 Å². The molecule has 7 N–H and O–H groups in total. The molecule has 3 unspecified atom stereocenters. The van der Waals surface area contributed by atoms with E-state index in [1.165, 1.54) is 96.3 Å². The summed E-state index contributed by atoms with van der Waals surface area (Å²) in [6.45, 7) is 3.16. The van der Waals surface area contributed by atoms with Gasteiger partial charge in [0.1, 0.15) is 43.2 Å². The number of carbonyl (C=O) groups excluding carboxylic acids is 2. The van der Waals surface area contributed by atoms with Crippen molar-refractivity contribution in [3.05, 3.63) is 48.6 Å². The molecule has 1 aliphatic rings. The van der Waals surface area contributed by atoms with Crippen LogP contribution in [0.3, 0.4) is 0 Å². The van der Waals surface area contributed by atoms with Gasteiger partial charge in [0.05, 0.1) is 12.7 Å². The molecule has 0 aliphatic heterocycles. The Hall–Kier alpha value is -2.23. The molecule has 1 saturated carbocycles. The van der Waals surface area contributed by atoms with Crippen LogP contribution in [0.1, 0.15) is 187 Å². The quantitative estimate of drug-likeness (QED) is 0.0100. The Balaban J connectivity index is 2.49. The molecular weight excluding hydrogens is 843 g/mol. The maximum absolute atomic E-state index is 12.8. The highest BCUT2D eigenvalue weighted by molar-refractivity contribution is 7.47. The predicted molar refractivity (Wildman–Crippen MR) is 250 cm³/mol. The number of hydrogen-bond donors (Lipinski definition) is 7. The lowest BCUT2D eigenvalue weighted by Crippen LogP contribution is -2.64. The Labute approximate surface area is 384 Å². The van der Waals surface area contributed by atoms with E-state index in [1.807, 2.05) is 36.5 Å².